The molecule has 1 aromatic rings. The number of hydrazone groups is 1. The van der Waals surface area contributed by atoms with Crippen molar-refractivity contribution in [1.29, 1.82) is 0 Å². The summed E-state index contributed by atoms with van der Waals surface area (Å²) in [5.74, 6) is 0. The molecule has 4 heteroatoms. The van der Waals surface area contributed by atoms with Gasteiger partial charge in [-0.3, -0.25) is 5.43 Å². The van der Waals surface area contributed by atoms with Gasteiger partial charge in [-0.05, 0) is 37.5 Å². The van der Waals surface area contributed by atoms with Crippen molar-refractivity contribution in [2.24, 2.45) is 5.10 Å². The third kappa shape index (κ3) is 6.35. The number of thiocarbonyl (C=S) groups is 1. The van der Waals surface area contributed by atoms with Crippen molar-refractivity contribution in [1.82, 2.24) is 10.7 Å². The molecule has 0 aliphatic rings. The van der Waals surface area contributed by atoms with E-state index in [0.717, 1.165) is 18.7 Å². The molecular weight excluding hydrogens is 242 g/mol. The van der Waals surface area contributed by atoms with Crippen LogP contribution in [0.25, 0.3) is 0 Å². The van der Waals surface area contributed by atoms with Gasteiger partial charge in [0.1, 0.15) is 0 Å². The monoisotopic (exact) mass is 263 g/mol. The Morgan fingerprint density at radius 1 is 1.28 bits per heavy atom. The predicted octanol–water partition coefficient (Wildman–Crippen LogP) is 3.22. The van der Waals surface area contributed by atoms with Crippen LogP contribution in [0.3, 0.4) is 0 Å². The van der Waals surface area contributed by atoms with Crippen LogP contribution in [0.15, 0.2) is 35.4 Å². The highest BCUT2D eigenvalue weighted by Crippen LogP contribution is 1.97. The molecule has 1 aromatic carbocycles. The minimum absolute atomic E-state index is 0.565. The molecule has 0 radical (unpaired) electrons. The fourth-order valence-electron chi connectivity index (χ4n) is 1.45. The first kappa shape index (κ1) is 14.6. The lowest BCUT2D eigenvalue weighted by molar-refractivity contribution is 0.818. The summed E-state index contributed by atoms with van der Waals surface area (Å²) in [6.07, 6.45) is 3.37. The Hall–Kier alpha value is -1.42. The first-order chi connectivity index (χ1) is 8.72. The van der Waals surface area contributed by atoms with Crippen LogP contribution in [-0.2, 0) is 6.54 Å². The zero-order chi connectivity index (χ0) is 13.2. The van der Waals surface area contributed by atoms with Gasteiger partial charge in [0.25, 0.3) is 0 Å². The summed E-state index contributed by atoms with van der Waals surface area (Å²) in [6, 6.07) is 10.2. The largest absolute Gasteiger partial charge is 0.357 e. The van der Waals surface area contributed by atoms with Crippen molar-refractivity contribution in [3.63, 3.8) is 0 Å². The van der Waals surface area contributed by atoms with Gasteiger partial charge in [-0.15, -0.1) is 0 Å². The number of benzene rings is 1. The fraction of sp³-hybridized carbons (Fsp3) is 0.429. The Morgan fingerprint density at radius 3 is 2.67 bits per heavy atom. The van der Waals surface area contributed by atoms with Crippen LogP contribution in [0, 0.1) is 0 Å². The summed E-state index contributed by atoms with van der Waals surface area (Å²) < 4.78 is 0. The van der Waals surface area contributed by atoms with E-state index in [9.17, 15) is 0 Å². The molecule has 98 valence electrons. The number of hydrogen-bond acceptors (Lipinski definition) is 2. The smallest absolute Gasteiger partial charge is 0.187 e. The van der Waals surface area contributed by atoms with Gasteiger partial charge < -0.3 is 5.32 Å². The summed E-state index contributed by atoms with van der Waals surface area (Å²) in [5, 5.41) is 7.92. The SMILES string of the molecule is CCCC/C(C)=N\NC(=S)NCc1ccccc1. The molecule has 0 unspecified atom stereocenters. The standard InChI is InChI=1S/C14H21N3S/c1-3-4-8-12(2)16-17-14(18)15-11-13-9-6-5-7-10-13/h5-7,9-10H,3-4,8,11H2,1-2H3,(H2,15,17,18)/b16-12-. The molecule has 1 rings (SSSR count). The maximum absolute atomic E-state index is 5.15. The van der Waals surface area contributed by atoms with Gasteiger partial charge in [-0.25, -0.2) is 0 Å². The van der Waals surface area contributed by atoms with Crippen LogP contribution in [0.5, 0.6) is 0 Å². The first-order valence-electron chi connectivity index (χ1n) is 6.33. The van der Waals surface area contributed by atoms with Gasteiger partial charge >= 0.3 is 0 Å². The third-order valence-electron chi connectivity index (χ3n) is 2.54. The molecule has 0 atom stereocenters. The van der Waals surface area contributed by atoms with Gasteiger partial charge in [0.15, 0.2) is 5.11 Å². The second-order valence-electron chi connectivity index (χ2n) is 4.23. The molecule has 0 bridgehead atoms. The molecule has 0 saturated heterocycles. The summed E-state index contributed by atoms with van der Waals surface area (Å²) in [5.41, 5.74) is 5.16. The highest BCUT2D eigenvalue weighted by atomic mass is 32.1. The molecule has 0 fully saturated rings. The third-order valence-corrected chi connectivity index (χ3v) is 2.77. The summed E-state index contributed by atoms with van der Waals surface area (Å²) in [4.78, 5) is 0. The van der Waals surface area contributed by atoms with Gasteiger partial charge in [-0.1, -0.05) is 43.7 Å². The van der Waals surface area contributed by atoms with Crippen molar-refractivity contribution in [2.75, 3.05) is 0 Å². The van der Waals surface area contributed by atoms with E-state index in [-0.39, 0.29) is 0 Å². The van der Waals surface area contributed by atoms with Crippen LogP contribution in [0.1, 0.15) is 38.7 Å². The van der Waals surface area contributed by atoms with Crippen LogP contribution >= 0.6 is 12.2 Å². The Bertz CT molecular complexity index is 387. The van der Waals surface area contributed by atoms with E-state index in [1.165, 1.54) is 18.4 Å². The Kier molecular flexibility index (Phi) is 7.03. The maximum atomic E-state index is 5.15. The van der Waals surface area contributed by atoms with Crippen LogP contribution in [-0.4, -0.2) is 10.8 Å². The zero-order valence-electron chi connectivity index (χ0n) is 11.1. The lowest BCUT2D eigenvalue weighted by Gasteiger charge is -2.07. The van der Waals surface area contributed by atoms with Crippen molar-refractivity contribution in [3.8, 4) is 0 Å². The number of unbranched alkanes of at least 4 members (excludes halogenated alkanes) is 1. The van der Waals surface area contributed by atoms with Crippen LogP contribution < -0.4 is 10.7 Å². The highest BCUT2D eigenvalue weighted by Gasteiger charge is 1.95. The minimum Gasteiger partial charge on any atom is -0.357 e. The van der Waals surface area contributed by atoms with Crippen molar-refractivity contribution in [3.05, 3.63) is 35.9 Å². The highest BCUT2D eigenvalue weighted by molar-refractivity contribution is 7.80. The number of rotatable bonds is 6. The Morgan fingerprint density at radius 2 is 2.00 bits per heavy atom. The van der Waals surface area contributed by atoms with Crippen molar-refractivity contribution < 1.29 is 0 Å². The summed E-state index contributed by atoms with van der Waals surface area (Å²) in [7, 11) is 0. The van der Waals surface area contributed by atoms with Crippen molar-refractivity contribution >= 4 is 23.0 Å². The molecule has 0 saturated carbocycles. The summed E-state index contributed by atoms with van der Waals surface area (Å²) in [6.45, 7) is 4.91. The summed E-state index contributed by atoms with van der Waals surface area (Å²) >= 11 is 5.15. The lowest BCUT2D eigenvalue weighted by atomic mass is 10.2. The molecule has 0 spiro atoms. The van der Waals surface area contributed by atoms with Gasteiger partial charge in [-0.2, -0.15) is 5.10 Å². The van der Waals surface area contributed by atoms with Gasteiger partial charge in [0.05, 0.1) is 0 Å². The molecule has 18 heavy (non-hydrogen) atoms. The molecule has 0 heterocycles. The lowest BCUT2D eigenvalue weighted by Crippen LogP contribution is -2.32. The average molecular weight is 263 g/mol. The van der Waals surface area contributed by atoms with Crippen LogP contribution in [0.4, 0.5) is 0 Å². The molecule has 0 aliphatic heterocycles. The molecule has 0 aliphatic carbocycles. The quantitative estimate of drug-likeness (QED) is 0.470. The fourth-order valence-corrected chi connectivity index (χ4v) is 1.57. The zero-order valence-corrected chi connectivity index (χ0v) is 11.9. The number of nitrogens with one attached hydrogen (secondary N) is 2. The second kappa shape index (κ2) is 8.64. The maximum Gasteiger partial charge on any atom is 0.187 e. The molecule has 0 aromatic heterocycles. The number of nitrogens with zero attached hydrogens (tertiary/aromatic N) is 1. The van der Waals surface area contributed by atoms with E-state index in [1.807, 2.05) is 25.1 Å². The average Bonchev–Trinajstić information content (AvgIpc) is 2.41. The normalized spacial score (nSPS) is 11.1. The Balaban J connectivity index is 2.25. The van der Waals surface area contributed by atoms with E-state index in [4.69, 9.17) is 12.2 Å². The number of hydrogen-bond donors (Lipinski definition) is 2. The molecule has 0 amide bonds. The first-order valence-corrected chi connectivity index (χ1v) is 6.74. The van der Waals surface area contributed by atoms with Crippen molar-refractivity contribution in [2.45, 2.75) is 39.7 Å². The predicted molar refractivity (Wildman–Crippen MR) is 81.6 cm³/mol. The molecule has 2 N–H and O–H groups in total. The molecule has 3 nitrogen and oxygen atoms in total. The van der Waals surface area contributed by atoms with Crippen LogP contribution in [0.2, 0.25) is 0 Å². The van der Waals surface area contributed by atoms with E-state index in [1.54, 1.807) is 0 Å². The van der Waals surface area contributed by atoms with Gasteiger partial charge in [0.2, 0.25) is 0 Å². The van der Waals surface area contributed by atoms with Gasteiger partial charge in [0, 0.05) is 12.3 Å². The van der Waals surface area contributed by atoms with E-state index < -0.39 is 0 Å². The Labute approximate surface area is 115 Å². The van der Waals surface area contributed by atoms with E-state index in [2.05, 4.69) is 34.9 Å². The molecular formula is C14H21N3S. The second-order valence-corrected chi connectivity index (χ2v) is 4.64. The topological polar surface area (TPSA) is 36.4 Å². The minimum atomic E-state index is 0.565. The van der Waals surface area contributed by atoms with E-state index in [0.29, 0.717) is 5.11 Å². The van der Waals surface area contributed by atoms with E-state index >= 15 is 0 Å².